The molecule has 0 saturated heterocycles. The minimum Gasteiger partial charge on any atom is -0.504 e. The third kappa shape index (κ3) is 2.15. The summed E-state index contributed by atoms with van der Waals surface area (Å²) in [7, 11) is 0. The Balaban J connectivity index is 1.80. The number of hydrogen-bond acceptors (Lipinski definition) is 4. The second-order valence-electron chi connectivity index (χ2n) is 4.01. The first-order valence-electron chi connectivity index (χ1n) is 5.71. The lowest BCUT2D eigenvalue weighted by Crippen LogP contribution is -2.22. The Bertz CT molecular complexity index is 716. The van der Waals surface area contributed by atoms with Crippen LogP contribution in [0.4, 0.5) is 0 Å². The standard InChI is InChI=1S/C13H11N3O3/c17-11-4-1-5-16-8-10(15-12(11)16)13(18)14-7-9-3-2-6-19-9/h1-6,8,17H,7H2,(H,14,18). The number of fused-ring (bicyclic) bond motifs is 1. The van der Waals surface area contributed by atoms with Gasteiger partial charge in [-0.1, -0.05) is 0 Å². The van der Waals surface area contributed by atoms with Crippen molar-refractivity contribution in [1.29, 1.82) is 0 Å². The minimum absolute atomic E-state index is 0.0348. The molecule has 2 N–H and O–H groups in total. The van der Waals surface area contributed by atoms with Crippen LogP contribution in [0.5, 0.6) is 5.75 Å². The maximum Gasteiger partial charge on any atom is 0.271 e. The fourth-order valence-electron chi connectivity index (χ4n) is 1.78. The van der Waals surface area contributed by atoms with Crippen LogP contribution >= 0.6 is 0 Å². The fraction of sp³-hybridized carbons (Fsp3) is 0.0769. The van der Waals surface area contributed by atoms with Gasteiger partial charge in [-0.2, -0.15) is 0 Å². The first kappa shape index (κ1) is 11.3. The summed E-state index contributed by atoms with van der Waals surface area (Å²) in [6, 6.07) is 6.72. The number of aromatic hydroxyl groups is 1. The molecule has 0 atom stereocenters. The Morgan fingerprint density at radius 3 is 3.05 bits per heavy atom. The van der Waals surface area contributed by atoms with E-state index in [9.17, 15) is 9.90 Å². The van der Waals surface area contributed by atoms with Crippen LogP contribution in [0.1, 0.15) is 16.2 Å². The number of hydrogen-bond donors (Lipinski definition) is 2. The average Bonchev–Trinajstić information content (AvgIpc) is 3.05. The Kier molecular flexibility index (Phi) is 2.68. The summed E-state index contributed by atoms with van der Waals surface area (Å²) in [6.07, 6.45) is 4.82. The lowest BCUT2D eigenvalue weighted by atomic mass is 10.4. The number of carbonyl (C=O) groups excluding carboxylic acids is 1. The normalized spacial score (nSPS) is 10.7. The lowest BCUT2D eigenvalue weighted by Gasteiger charge is -1.99. The molecule has 0 spiro atoms. The first-order valence-corrected chi connectivity index (χ1v) is 5.71. The van der Waals surface area contributed by atoms with Crippen LogP contribution in [0.2, 0.25) is 0 Å². The van der Waals surface area contributed by atoms with Crippen molar-refractivity contribution in [2.75, 3.05) is 0 Å². The molecule has 6 heteroatoms. The van der Waals surface area contributed by atoms with Gasteiger partial charge >= 0.3 is 0 Å². The van der Waals surface area contributed by atoms with Gasteiger partial charge in [0.25, 0.3) is 5.91 Å². The predicted octanol–water partition coefficient (Wildman–Crippen LogP) is 1.56. The number of furan rings is 1. The quantitative estimate of drug-likeness (QED) is 0.746. The van der Waals surface area contributed by atoms with E-state index in [1.807, 2.05) is 0 Å². The highest BCUT2D eigenvalue weighted by Gasteiger charge is 2.12. The maximum atomic E-state index is 11.9. The number of imidazole rings is 1. The van der Waals surface area contributed by atoms with E-state index >= 15 is 0 Å². The second kappa shape index (κ2) is 4.49. The molecule has 96 valence electrons. The molecule has 0 fully saturated rings. The summed E-state index contributed by atoms with van der Waals surface area (Å²) in [4.78, 5) is 16.0. The summed E-state index contributed by atoms with van der Waals surface area (Å²) in [6.45, 7) is 0.297. The van der Waals surface area contributed by atoms with E-state index in [0.717, 1.165) is 0 Å². The van der Waals surface area contributed by atoms with Crippen LogP contribution in [0.15, 0.2) is 47.3 Å². The number of rotatable bonds is 3. The molecule has 6 nitrogen and oxygen atoms in total. The van der Waals surface area contributed by atoms with Crippen molar-refractivity contribution in [3.8, 4) is 5.75 Å². The van der Waals surface area contributed by atoms with Gasteiger partial charge in [0.05, 0.1) is 12.8 Å². The molecule has 0 aromatic carbocycles. The Labute approximate surface area is 108 Å². The number of nitrogens with zero attached hydrogens (tertiary/aromatic N) is 2. The van der Waals surface area contributed by atoms with Crippen LogP contribution in [0, 0.1) is 0 Å². The molecular formula is C13H11N3O3. The van der Waals surface area contributed by atoms with E-state index in [1.54, 1.807) is 41.3 Å². The van der Waals surface area contributed by atoms with Gasteiger partial charge in [-0.15, -0.1) is 0 Å². The zero-order valence-corrected chi connectivity index (χ0v) is 9.91. The van der Waals surface area contributed by atoms with Crippen molar-refractivity contribution >= 4 is 11.6 Å². The molecule has 0 saturated carbocycles. The number of aromatic nitrogens is 2. The first-order chi connectivity index (χ1) is 9.24. The summed E-state index contributed by atoms with van der Waals surface area (Å²) >= 11 is 0. The summed E-state index contributed by atoms with van der Waals surface area (Å²) in [5, 5.41) is 12.3. The van der Waals surface area contributed by atoms with Gasteiger partial charge in [-0.3, -0.25) is 4.79 Å². The smallest absolute Gasteiger partial charge is 0.271 e. The van der Waals surface area contributed by atoms with Crippen LogP contribution in [0.3, 0.4) is 0 Å². The molecule has 0 aliphatic carbocycles. The highest BCUT2D eigenvalue weighted by atomic mass is 16.3. The van der Waals surface area contributed by atoms with Crippen molar-refractivity contribution in [2.24, 2.45) is 0 Å². The zero-order valence-electron chi connectivity index (χ0n) is 9.91. The number of amides is 1. The third-order valence-corrected chi connectivity index (χ3v) is 2.70. The highest BCUT2D eigenvalue weighted by molar-refractivity contribution is 5.93. The molecule has 3 rings (SSSR count). The largest absolute Gasteiger partial charge is 0.504 e. The van der Waals surface area contributed by atoms with Crippen molar-refractivity contribution in [2.45, 2.75) is 6.54 Å². The van der Waals surface area contributed by atoms with Gasteiger partial charge in [-0.25, -0.2) is 4.98 Å². The number of carbonyl (C=O) groups is 1. The van der Waals surface area contributed by atoms with E-state index in [2.05, 4.69) is 10.3 Å². The van der Waals surface area contributed by atoms with Crippen molar-refractivity contribution in [1.82, 2.24) is 14.7 Å². The molecular weight excluding hydrogens is 246 g/mol. The average molecular weight is 257 g/mol. The highest BCUT2D eigenvalue weighted by Crippen LogP contribution is 2.16. The molecule has 0 aliphatic rings. The monoisotopic (exact) mass is 257 g/mol. The fourth-order valence-corrected chi connectivity index (χ4v) is 1.78. The molecule has 3 aromatic rings. The van der Waals surface area contributed by atoms with Gasteiger partial charge in [-0.05, 0) is 24.3 Å². The topological polar surface area (TPSA) is 79.8 Å². The number of nitrogens with one attached hydrogen (secondary N) is 1. The third-order valence-electron chi connectivity index (χ3n) is 2.70. The van der Waals surface area contributed by atoms with Gasteiger partial charge in [0.2, 0.25) is 0 Å². The van der Waals surface area contributed by atoms with Crippen molar-refractivity contribution < 1.29 is 14.3 Å². The summed E-state index contributed by atoms with van der Waals surface area (Å²) in [5.74, 6) is 0.382. The van der Waals surface area contributed by atoms with Gasteiger partial charge < -0.3 is 19.2 Å². The van der Waals surface area contributed by atoms with Crippen LogP contribution in [-0.4, -0.2) is 20.4 Å². The van der Waals surface area contributed by atoms with Crippen LogP contribution < -0.4 is 5.32 Å². The van der Waals surface area contributed by atoms with Crippen molar-refractivity contribution in [3.05, 3.63) is 54.4 Å². The molecule has 0 radical (unpaired) electrons. The molecule has 3 aromatic heterocycles. The lowest BCUT2D eigenvalue weighted by molar-refractivity contribution is 0.0943. The van der Waals surface area contributed by atoms with Crippen molar-refractivity contribution in [3.63, 3.8) is 0 Å². The SMILES string of the molecule is O=C(NCc1ccco1)c1cn2cccc(O)c2n1. The Morgan fingerprint density at radius 1 is 1.42 bits per heavy atom. The van der Waals surface area contributed by atoms with Gasteiger partial charge in [0.1, 0.15) is 11.5 Å². The van der Waals surface area contributed by atoms with E-state index in [0.29, 0.717) is 18.0 Å². The molecule has 1 amide bonds. The molecule has 3 heterocycles. The van der Waals surface area contributed by atoms with E-state index in [1.165, 1.54) is 6.07 Å². The molecule has 0 bridgehead atoms. The minimum atomic E-state index is -0.320. The van der Waals surface area contributed by atoms with E-state index in [-0.39, 0.29) is 17.4 Å². The Morgan fingerprint density at radius 2 is 2.32 bits per heavy atom. The Hall–Kier alpha value is -2.76. The van der Waals surface area contributed by atoms with E-state index in [4.69, 9.17) is 4.42 Å². The summed E-state index contributed by atoms with van der Waals surface area (Å²) < 4.78 is 6.71. The molecule has 0 unspecified atom stereocenters. The zero-order chi connectivity index (χ0) is 13.2. The van der Waals surface area contributed by atoms with Crippen LogP contribution in [-0.2, 0) is 6.54 Å². The second-order valence-corrected chi connectivity index (χ2v) is 4.01. The van der Waals surface area contributed by atoms with Crippen LogP contribution in [0.25, 0.3) is 5.65 Å². The van der Waals surface area contributed by atoms with Gasteiger partial charge in [0.15, 0.2) is 11.4 Å². The van der Waals surface area contributed by atoms with E-state index < -0.39 is 0 Å². The predicted molar refractivity (Wildman–Crippen MR) is 66.7 cm³/mol. The maximum absolute atomic E-state index is 11.9. The van der Waals surface area contributed by atoms with Gasteiger partial charge in [0, 0.05) is 12.4 Å². The molecule has 0 aliphatic heterocycles. The molecule has 19 heavy (non-hydrogen) atoms. The number of pyridine rings is 1. The summed E-state index contributed by atoms with van der Waals surface area (Å²) in [5.41, 5.74) is 0.596.